The number of pyridine rings is 1. The minimum absolute atomic E-state index is 0.0792. The minimum atomic E-state index is 0.0792. The summed E-state index contributed by atoms with van der Waals surface area (Å²) in [7, 11) is 4.26. The van der Waals surface area contributed by atoms with Crippen molar-refractivity contribution in [3.63, 3.8) is 0 Å². The van der Waals surface area contributed by atoms with Gasteiger partial charge in [-0.1, -0.05) is 18.9 Å². The Balaban J connectivity index is 1.71. The molecule has 30 heavy (non-hydrogen) atoms. The van der Waals surface area contributed by atoms with Gasteiger partial charge in [-0.25, -0.2) is 0 Å². The highest BCUT2D eigenvalue weighted by atomic mass is 32.1. The molecule has 1 aliphatic heterocycles. The topological polar surface area (TPSA) is 36.3 Å². The highest BCUT2D eigenvalue weighted by Crippen LogP contribution is 2.42. The molecule has 3 heterocycles. The maximum Gasteiger partial charge on any atom is 0.170 e. The highest BCUT2D eigenvalue weighted by Gasteiger charge is 2.41. The van der Waals surface area contributed by atoms with Crippen molar-refractivity contribution in [2.24, 2.45) is 0 Å². The zero-order chi connectivity index (χ0) is 21.3. The zero-order valence-electron chi connectivity index (χ0n) is 18.8. The molecule has 0 spiro atoms. The lowest BCUT2D eigenvalue weighted by molar-refractivity contribution is 0.291. The number of aromatic nitrogens is 2. The van der Waals surface area contributed by atoms with Crippen LogP contribution in [0, 0.1) is 13.8 Å². The van der Waals surface area contributed by atoms with Gasteiger partial charge < -0.3 is 19.7 Å². The maximum atomic E-state index is 5.83. The van der Waals surface area contributed by atoms with Crippen LogP contribution in [-0.2, 0) is 0 Å². The van der Waals surface area contributed by atoms with E-state index in [4.69, 9.17) is 12.2 Å². The Hall–Kier alpha value is -1.92. The molecule has 162 valence electrons. The smallest absolute Gasteiger partial charge is 0.170 e. The van der Waals surface area contributed by atoms with Gasteiger partial charge in [-0.2, -0.15) is 0 Å². The molecule has 4 rings (SSSR count). The summed E-state index contributed by atoms with van der Waals surface area (Å²) in [5.41, 5.74) is 5.23. The number of rotatable bonds is 7. The molecule has 1 saturated carbocycles. The third-order valence-corrected chi connectivity index (χ3v) is 7.09. The summed E-state index contributed by atoms with van der Waals surface area (Å²) in [6.45, 7) is 6.57. The monoisotopic (exact) mass is 425 g/mol. The second kappa shape index (κ2) is 9.06. The van der Waals surface area contributed by atoms with E-state index >= 15 is 0 Å². The highest BCUT2D eigenvalue weighted by molar-refractivity contribution is 7.80. The van der Waals surface area contributed by atoms with E-state index in [0.717, 1.165) is 30.3 Å². The van der Waals surface area contributed by atoms with Crippen molar-refractivity contribution in [1.29, 1.82) is 0 Å². The van der Waals surface area contributed by atoms with Gasteiger partial charge >= 0.3 is 0 Å². The minimum Gasteiger partial charge on any atom is -0.352 e. The first-order chi connectivity index (χ1) is 14.5. The molecule has 5 nitrogen and oxygen atoms in total. The van der Waals surface area contributed by atoms with Crippen molar-refractivity contribution in [1.82, 2.24) is 24.7 Å². The van der Waals surface area contributed by atoms with Crippen LogP contribution < -0.4 is 5.32 Å². The van der Waals surface area contributed by atoms with Gasteiger partial charge in [0.05, 0.1) is 17.8 Å². The first-order valence-electron chi connectivity index (χ1n) is 11.3. The van der Waals surface area contributed by atoms with Gasteiger partial charge in [0.2, 0.25) is 0 Å². The van der Waals surface area contributed by atoms with Crippen LogP contribution in [0.15, 0.2) is 30.5 Å². The fraction of sp³-hybridized carbons (Fsp3) is 0.583. The van der Waals surface area contributed by atoms with E-state index in [1.165, 1.54) is 42.6 Å². The van der Waals surface area contributed by atoms with E-state index in [9.17, 15) is 0 Å². The summed E-state index contributed by atoms with van der Waals surface area (Å²) in [6.07, 6.45) is 8.26. The van der Waals surface area contributed by atoms with Gasteiger partial charge in [0, 0.05) is 30.2 Å². The number of nitrogens with zero attached hydrogens (tertiary/aromatic N) is 4. The Bertz CT molecular complexity index is 869. The van der Waals surface area contributed by atoms with E-state index < -0.39 is 0 Å². The van der Waals surface area contributed by atoms with Crippen molar-refractivity contribution in [2.45, 2.75) is 64.1 Å². The molecular formula is C24H35N5S. The Kier molecular flexibility index (Phi) is 6.44. The third kappa shape index (κ3) is 4.12. The predicted molar refractivity (Wildman–Crippen MR) is 127 cm³/mol. The first kappa shape index (κ1) is 21.3. The molecule has 0 bridgehead atoms. The van der Waals surface area contributed by atoms with Gasteiger partial charge in [0.25, 0.3) is 0 Å². The fourth-order valence-corrected chi connectivity index (χ4v) is 5.70. The average Bonchev–Trinajstić information content (AvgIpc) is 3.41. The normalized spacial score (nSPS) is 22.3. The first-order valence-corrected chi connectivity index (χ1v) is 11.7. The molecule has 2 fully saturated rings. The standard InChI is InChI=1S/C24H35N5S/c1-17-16-20(18(2)29(17)19-10-5-6-11-19)23-22(21-12-7-8-13-25-21)26-24(30)28(23)15-9-14-27(3)4/h7-8,12-13,16,19,22-23H,5-6,9-11,14-15H2,1-4H3,(H,26,30)/t22-,23-/m1/s1. The molecule has 0 amide bonds. The Labute approximate surface area is 186 Å². The summed E-state index contributed by atoms with van der Waals surface area (Å²) in [5.74, 6) is 0. The van der Waals surface area contributed by atoms with Crippen molar-refractivity contribution in [3.8, 4) is 0 Å². The van der Waals surface area contributed by atoms with Crippen LogP contribution in [0.2, 0.25) is 0 Å². The predicted octanol–water partition coefficient (Wildman–Crippen LogP) is 4.54. The van der Waals surface area contributed by atoms with Gasteiger partial charge in [-0.15, -0.1) is 0 Å². The van der Waals surface area contributed by atoms with Crippen molar-refractivity contribution < 1.29 is 0 Å². The van der Waals surface area contributed by atoms with E-state index in [-0.39, 0.29) is 12.1 Å². The summed E-state index contributed by atoms with van der Waals surface area (Å²) in [4.78, 5) is 9.33. The molecule has 2 aliphatic rings. The summed E-state index contributed by atoms with van der Waals surface area (Å²) < 4.78 is 2.59. The zero-order valence-corrected chi connectivity index (χ0v) is 19.6. The van der Waals surface area contributed by atoms with Crippen LogP contribution in [0.4, 0.5) is 0 Å². The Morgan fingerprint density at radius 1 is 1.20 bits per heavy atom. The average molecular weight is 426 g/mol. The van der Waals surface area contributed by atoms with E-state index in [1.54, 1.807) is 0 Å². The SMILES string of the molecule is Cc1cc([C@@H]2[C@@H](c3ccccn3)NC(=S)N2CCCN(C)C)c(C)n1C1CCCC1. The fourth-order valence-electron chi connectivity index (χ4n) is 5.37. The van der Waals surface area contributed by atoms with E-state index in [1.807, 2.05) is 12.3 Å². The second-order valence-electron chi connectivity index (χ2n) is 9.11. The number of hydrogen-bond donors (Lipinski definition) is 1. The summed E-state index contributed by atoms with van der Waals surface area (Å²) in [6, 6.07) is 9.48. The number of aryl methyl sites for hydroxylation is 1. The van der Waals surface area contributed by atoms with Crippen molar-refractivity contribution in [2.75, 3.05) is 27.2 Å². The molecular weight excluding hydrogens is 390 g/mol. The van der Waals surface area contributed by atoms with Crippen LogP contribution in [-0.4, -0.2) is 51.6 Å². The molecule has 2 atom stereocenters. The molecule has 1 aliphatic carbocycles. The van der Waals surface area contributed by atoms with E-state index in [2.05, 4.69) is 70.8 Å². The van der Waals surface area contributed by atoms with Gasteiger partial charge in [0.15, 0.2) is 5.11 Å². The van der Waals surface area contributed by atoms with Crippen LogP contribution in [0.3, 0.4) is 0 Å². The lowest BCUT2D eigenvalue weighted by Gasteiger charge is -2.29. The molecule has 0 unspecified atom stereocenters. The third-order valence-electron chi connectivity index (χ3n) is 6.73. The second-order valence-corrected chi connectivity index (χ2v) is 9.50. The number of thiocarbonyl (C=S) groups is 1. The lowest BCUT2D eigenvalue weighted by Crippen LogP contribution is -2.32. The van der Waals surface area contributed by atoms with Gasteiger partial charge in [-0.3, -0.25) is 4.98 Å². The molecule has 0 aromatic carbocycles. The van der Waals surface area contributed by atoms with Crippen molar-refractivity contribution in [3.05, 3.63) is 53.1 Å². The lowest BCUT2D eigenvalue weighted by atomic mass is 9.96. The van der Waals surface area contributed by atoms with Crippen molar-refractivity contribution >= 4 is 17.3 Å². The molecule has 1 saturated heterocycles. The molecule has 0 radical (unpaired) electrons. The number of nitrogens with one attached hydrogen (secondary N) is 1. The Morgan fingerprint density at radius 2 is 1.97 bits per heavy atom. The number of hydrogen-bond acceptors (Lipinski definition) is 3. The summed E-state index contributed by atoms with van der Waals surface area (Å²) >= 11 is 5.83. The molecule has 2 aromatic rings. The van der Waals surface area contributed by atoms with Crippen LogP contribution in [0.25, 0.3) is 0 Å². The van der Waals surface area contributed by atoms with Crippen LogP contribution in [0.5, 0.6) is 0 Å². The molecule has 2 aromatic heterocycles. The largest absolute Gasteiger partial charge is 0.352 e. The van der Waals surface area contributed by atoms with Gasteiger partial charge in [0.1, 0.15) is 0 Å². The van der Waals surface area contributed by atoms with Gasteiger partial charge in [-0.05, 0) is 89.7 Å². The quantitative estimate of drug-likeness (QED) is 0.659. The maximum absolute atomic E-state index is 5.83. The summed E-state index contributed by atoms with van der Waals surface area (Å²) in [5, 5.41) is 4.45. The molecule has 6 heteroatoms. The Morgan fingerprint density at radius 3 is 2.63 bits per heavy atom. The van der Waals surface area contributed by atoms with Crippen LogP contribution >= 0.6 is 12.2 Å². The van der Waals surface area contributed by atoms with Crippen LogP contribution in [0.1, 0.15) is 72.9 Å². The molecule has 1 N–H and O–H groups in total. The van der Waals surface area contributed by atoms with E-state index in [0.29, 0.717) is 6.04 Å².